The monoisotopic (exact) mass is 399 g/mol. The lowest BCUT2D eigenvalue weighted by atomic mass is 9.81. The molecule has 2 fully saturated rings. The summed E-state index contributed by atoms with van der Waals surface area (Å²) in [5.41, 5.74) is -0.919. The minimum absolute atomic E-state index is 0. The average molecular weight is 400 g/mol. The first-order valence-electron chi connectivity index (χ1n) is 8.44. The van der Waals surface area contributed by atoms with Gasteiger partial charge in [0.2, 0.25) is 5.91 Å². The molecule has 2 atom stereocenters. The lowest BCUT2D eigenvalue weighted by Crippen LogP contribution is -2.37. The van der Waals surface area contributed by atoms with Crippen molar-refractivity contribution in [1.82, 2.24) is 4.90 Å². The molecule has 10 heteroatoms. The van der Waals surface area contributed by atoms with Crippen molar-refractivity contribution in [1.29, 1.82) is 0 Å². The fourth-order valence-electron chi connectivity index (χ4n) is 4.15. The molecule has 27 heavy (non-hydrogen) atoms. The van der Waals surface area contributed by atoms with Crippen molar-refractivity contribution in [3.05, 3.63) is 28.3 Å². The molecule has 0 unspecified atom stereocenters. The lowest BCUT2D eigenvalue weighted by molar-refractivity contribution is -0.384. The predicted octanol–water partition coefficient (Wildman–Crippen LogP) is 2.15. The number of likely N-dealkylation sites (tertiary alicyclic amines) is 1. The summed E-state index contributed by atoms with van der Waals surface area (Å²) >= 11 is 0. The Morgan fingerprint density at radius 2 is 2.22 bits per heavy atom. The number of aliphatic carboxylic acids is 1. The second-order valence-electron chi connectivity index (χ2n) is 6.91. The van der Waals surface area contributed by atoms with E-state index in [1.54, 1.807) is 0 Å². The van der Waals surface area contributed by atoms with Crippen LogP contribution in [0.25, 0.3) is 0 Å². The van der Waals surface area contributed by atoms with Gasteiger partial charge in [0.05, 0.1) is 30.1 Å². The van der Waals surface area contributed by atoms with Crippen LogP contribution in [0.2, 0.25) is 0 Å². The molecule has 2 aliphatic rings. The summed E-state index contributed by atoms with van der Waals surface area (Å²) in [6.07, 6.45) is 2.39. The molecule has 1 aliphatic heterocycles. The third-order valence-corrected chi connectivity index (χ3v) is 5.41. The summed E-state index contributed by atoms with van der Waals surface area (Å²) in [5, 5.41) is 23.3. The van der Waals surface area contributed by atoms with Gasteiger partial charge >= 0.3 is 5.97 Å². The maximum atomic E-state index is 12.3. The summed E-state index contributed by atoms with van der Waals surface area (Å²) in [4.78, 5) is 36.5. The fourth-order valence-corrected chi connectivity index (χ4v) is 4.15. The van der Waals surface area contributed by atoms with E-state index in [1.807, 2.05) is 4.90 Å². The van der Waals surface area contributed by atoms with Crippen molar-refractivity contribution in [2.24, 2.45) is 11.3 Å². The van der Waals surface area contributed by atoms with Gasteiger partial charge in [0.15, 0.2) is 0 Å². The zero-order valence-electron chi connectivity index (χ0n) is 14.8. The van der Waals surface area contributed by atoms with Gasteiger partial charge in [-0.05, 0) is 30.9 Å². The van der Waals surface area contributed by atoms with Crippen molar-refractivity contribution in [3.63, 3.8) is 0 Å². The van der Waals surface area contributed by atoms with E-state index in [4.69, 9.17) is 4.74 Å². The molecule has 0 spiro atoms. The third-order valence-electron chi connectivity index (χ3n) is 5.41. The van der Waals surface area contributed by atoms with Crippen molar-refractivity contribution < 1.29 is 24.4 Å². The molecule has 9 nitrogen and oxygen atoms in total. The number of carboxylic acid groups (broad SMARTS) is 1. The van der Waals surface area contributed by atoms with Gasteiger partial charge in [-0.25, -0.2) is 0 Å². The van der Waals surface area contributed by atoms with Crippen LogP contribution in [0, 0.1) is 21.4 Å². The van der Waals surface area contributed by atoms with Crippen molar-refractivity contribution in [3.8, 4) is 5.75 Å². The molecular formula is C17H22ClN3O6. The number of nitrogens with one attached hydrogen (secondary N) is 1. The molecule has 1 amide bonds. The first-order valence-corrected chi connectivity index (χ1v) is 8.44. The highest BCUT2D eigenvalue weighted by Crippen LogP contribution is 2.48. The average Bonchev–Trinajstić information content (AvgIpc) is 3.12. The zero-order chi connectivity index (χ0) is 18.9. The van der Waals surface area contributed by atoms with Crippen LogP contribution < -0.4 is 10.1 Å². The largest absolute Gasteiger partial charge is 0.496 e. The van der Waals surface area contributed by atoms with E-state index < -0.39 is 22.2 Å². The Bertz CT molecular complexity index is 758. The number of fused-ring (bicyclic) bond motifs is 1. The van der Waals surface area contributed by atoms with Crippen LogP contribution in [0.5, 0.6) is 5.75 Å². The van der Waals surface area contributed by atoms with Crippen LogP contribution in [0.15, 0.2) is 18.2 Å². The molecule has 2 N–H and O–H groups in total. The van der Waals surface area contributed by atoms with Gasteiger partial charge in [-0.1, -0.05) is 6.42 Å². The Balaban J connectivity index is 0.00000261. The first-order chi connectivity index (χ1) is 12.4. The number of hydrogen-bond donors (Lipinski definition) is 2. The lowest BCUT2D eigenvalue weighted by Gasteiger charge is -2.23. The number of anilines is 1. The van der Waals surface area contributed by atoms with Gasteiger partial charge in [0.25, 0.3) is 5.69 Å². The van der Waals surface area contributed by atoms with E-state index in [0.717, 1.165) is 12.8 Å². The molecule has 1 saturated carbocycles. The van der Waals surface area contributed by atoms with Crippen LogP contribution >= 0.6 is 12.4 Å². The summed E-state index contributed by atoms with van der Waals surface area (Å²) < 4.78 is 4.97. The van der Waals surface area contributed by atoms with Crippen LogP contribution in [-0.4, -0.2) is 53.6 Å². The number of hydrogen-bond acceptors (Lipinski definition) is 6. The van der Waals surface area contributed by atoms with Crippen molar-refractivity contribution >= 4 is 35.7 Å². The first kappa shape index (κ1) is 20.9. The van der Waals surface area contributed by atoms with E-state index >= 15 is 0 Å². The molecule has 1 heterocycles. The number of halogens is 1. The Morgan fingerprint density at radius 3 is 2.81 bits per heavy atom. The topological polar surface area (TPSA) is 122 Å². The molecule has 0 radical (unpaired) electrons. The van der Waals surface area contributed by atoms with Gasteiger partial charge in [0, 0.05) is 13.1 Å². The zero-order valence-corrected chi connectivity index (χ0v) is 15.7. The van der Waals surface area contributed by atoms with Crippen LogP contribution in [0.1, 0.15) is 19.3 Å². The number of carboxylic acids is 1. The molecule has 1 saturated heterocycles. The van der Waals surface area contributed by atoms with Gasteiger partial charge in [-0.3, -0.25) is 24.6 Å². The molecule has 148 valence electrons. The van der Waals surface area contributed by atoms with Gasteiger partial charge in [-0.15, -0.1) is 12.4 Å². The summed E-state index contributed by atoms with van der Waals surface area (Å²) in [5.74, 6) is -0.818. The second-order valence-corrected chi connectivity index (χ2v) is 6.91. The maximum absolute atomic E-state index is 12.3. The number of nitro groups is 1. The summed E-state index contributed by atoms with van der Waals surface area (Å²) in [6, 6.07) is 4.20. The fraction of sp³-hybridized carbons (Fsp3) is 0.529. The molecule has 1 aromatic rings. The molecule has 3 rings (SSSR count). The third kappa shape index (κ3) is 3.98. The van der Waals surface area contributed by atoms with Crippen LogP contribution in [-0.2, 0) is 9.59 Å². The van der Waals surface area contributed by atoms with E-state index in [9.17, 15) is 24.8 Å². The van der Waals surface area contributed by atoms with E-state index in [0.29, 0.717) is 25.3 Å². The molecule has 0 bridgehead atoms. The molecule has 1 aromatic carbocycles. The van der Waals surface area contributed by atoms with Crippen molar-refractivity contribution in [2.45, 2.75) is 19.3 Å². The normalized spacial score (nSPS) is 24.0. The molecule has 1 aliphatic carbocycles. The number of amides is 1. The standard InChI is InChI=1S/C17H21N3O6.ClH/c1-26-12-4-5-13(14(7-12)20(24)25)18-15(21)9-19-8-11-3-2-6-17(11,10-19)16(22)23;/h4-5,7,11H,2-3,6,8-10H2,1H3,(H,18,21)(H,22,23);1H/t11-,17+;/m0./s1. The minimum atomic E-state index is -0.797. The highest BCUT2D eigenvalue weighted by atomic mass is 35.5. The van der Waals surface area contributed by atoms with Crippen LogP contribution in [0.4, 0.5) is 11.4 Å². The molecule has 0 aromatic heterocycles. The number of methoxy groups -OCH3 is 1. The van der Waals surface area contributed by atoms with Gasteiger partial charge in [-0.2, -0.15) is 0 Å². The van der Waals surface area contributed by atoms with Gasteiger partial charge in [0.1, 0.15) is 11.4 Å². The van der Waals surface area contributed by atoms with E-state index in [-0.39, 0.29) is 36.2 Å². The smallest absolute Gasteiger partial charge is 0.311 e. The highest BCUT2D eigenvalue weighted by molar-refractivity contribution is 5.94. The van der Waals surface area contributed by atoms with Crippen LogP contribution in [0.3, 0.4) is 0 Å². The number of nitrogens with zero attached hydrogens (tertiary/aromatic N) is 2. The highest BCUT2D eigenvalue weighted by Gasteiger charge is 2.54. The summed E-state index contributed by atoms with van der Waals surface area (Å²) in [6.45, 7) is 0.907. The quantitative estimate of drug-likeness (QED) is 0.555. The predicted molar refractivity (Wildman–Crippen MR) is 99.4 cm³/mol. The SMILES string of the molecule is COc1ccc(NC(=O)CN2C[C@@H]3CCC[C@@]3(C(=O)O)C2)c([N+](=O)[O-])c1.Cl. The Labute approximate surface area is 162 Å². The van der Waals surface area contributed by atoms with E-state index in [2.05, 4.69) is 5.32 Å². The Hall–Kier alpha value is -2.39. The summed E-state index contributed by atoms with van der Waals surface area (Å²) in [7, 11) is 1.40. The Kier molecular flexibility index (Phi) is 6.27. The van der Waals surface area contributed by atoms with Gasteiger partial charge < -0.3 is 15.2 Å². The Morgan fingerprint density at radius 1 is 1.48 bits per heavy atom. The number of carbonyl (C=O) groups excluding carboxylic acids is 1. The minimum Gasteiger partial charge on any atom is -0.496 e. The number of rotatable bonds is 6. The maximum Gasteiger partial charge on any atom is 0.311 e. The van der Waals surface area contributed by atoms with Crippen molar-refractivity contribution in [2.75, 3.05) is 32.1 Å². The number of ether oxygens (including phenoxy) is 1. The second kappa shape index (κ2) is 8.10. The number of nitro benzene ring substituents is 1. The number of carbonyl (C=O) groups is 2. The molecular weight excluding hydrogens is 378 g/mol. The van der Waals surface area contributed by atoms with E-state index in [1.165, 1.54) is 25.3 Å². The number of benzene rings is 1.